The second-order valence-electron chi connectivity index (χ2n) is 4.81. The van der Waals surface area contributed by atoms with E-state index >= 15 is 0 Å². The second-order valence-corrected chi connectivity index (χ2v) is 7.07. The second kappa shape index (κ2) is 5.28. The lowest BCUT2D eigenvalue weighted by Crippen LogP contribution is -2.30. The van der Waals surface area contributed by atoms with E-state index in [0.717, 1.165) is 11.3 Å². The van der Waals surface area contributed by atoms with E-state index in [4.69, 9.17) is 4.74 Å². The van der Waals surface area contributed by atoms with Crippen LogP contribution in [0.3, 0.4) is 0 Å². The zero-order chi connectivity index (χ0) is 13.2. The summed E-state index contributed by atoms with van der Waals surface area (Å²) >= 11 is 0. The summed E-state index contributed by atoms with van der Waals surface area (Å²) in [6, 6.07) is 7.72. The quantitative estimate of drug-likeness (QED) is 0.872. The van der Waals surface area contributed by atoms with E-state index in [0.29, 0.717) is 19.3 Å². The van der Waals surface area contributed by atoms with E-state index in [2.05, 4.69) is 0 Å². The Morgan fingerprint density at radius 2 is 2.17 bits per heavy atom. The van der Waals surface area contributed by atoms with Gasteiger partial charge in [-0.15, -0.1) is 0 Å². The summed E-state index contributed by atoms with van der Waals surface area (Å²) in [6.45, 7) is 0. The molecule has 1 aromatic carbocycles. The van der Waals surface area contributed by atoms with Gasteiger partial charge in [-0.3, -0.25) is 0 Å². The van der Waals surface area contributed by atoms with E-state index in [1.54, 1.807) is 0 Å². The average Bonchev–Trinajstić information content (AvgIpc) is 2.70. The van der Waals surface area contributed by atoms with Crippen LogP contribution in [-0.4, -0.2) is 37.7 Å². The molecular weight excluding hydrogens is 252 g/mol. The number of rotatable bonds is 5. The third kappa shape index (κ3) is 3.46. The van der Waals surface area contributed by atoms with Crippen LogP contribution in [0.15, 0.2) is 24.3 Å². The fourth-order valence-corrected chi connectivity index (χ4v) is 2.86. The van der Waals surface area contributed by atoms with Crippen molar-refractivity contribution in [2.24, 2.45) is 0 Å². The van der Waals surface area contributed by atoms with Crippen molar-refractivity contribution in [1.82, 2.24) is 0 Å². The zero-order valence-corrected chi connectivity index (χ0v) is 11.2. The molecule has 1 N–H and O–H groups in total. The van der Waals surface area contributed by atoms with Gasteiger partial charge in [-0.1, -0.05) is 18.2 Å². The SMILES string of the molecule is CS(=O)(=O)CCCC(O)C1Cc2ccccc2O1. The maximum Gasteiger partial charge on any atom is 0.147 e. The predicted molar refractivity (Wildman–Crippen MR) is 69.5 cm³/mol. The summed E-state index contributed by atoms with van der Waals surface area (Å²) in [5.41, 5.74) is 1.10. The number of fused-ring (bicyclic) bond motifs is 1. The molecule has 5 heteroatoms. The summed E-state index contributed by atoms with van der Waals surface area (Å²) in [5.74, 6) is 0.939. The molecule has 0 fully saturated rings. The van der Waals surface area contributed by atoms with E-state index in [1.807, 2.05) is 24.3 Å². The predicted octanol–water partition coefficient (Wildman–Crippen LogP) is 1.18. The molecule has 4 nitrogen and oxygen atoms in total. The van der Waals surface area contributed by atoms with E-state index < -0.39 is 15.9 Å². The van der Waals surface area contributed by atoms with Crippen molar-refractivity contribution in [3.8, 4) is 5.75 Å². The van der Waals surface area contributed by atoms with Gasteiger partial charge in [-0.05, 0) is 24.5 Å². The number of aliphatic hydroxyl groups is 1. The van der Waals surface area contributed by atoms with Gasteiger partial charge in [0.2, 0.25) is 0 Å². The van der Waals surface area contributed by atoms with Crippen LogP contribution in [0.1, 0.15) is 18.4 Å². The molecule has 18 heavy (non-hydrogen) atoms. The largest absolute Gasteiger partial charge is 0.487 e. The first-order valence-corrected chi connectivity index (χ1v) is 8.12. The molecule has 1 aromatic rings. The van der Waals surface area contributed by atoms with Gasteiger partial charge in [0.1, 0.15) is 21.7 Å². The van der Waals surface area contributed by atoms with Gasteiger partial charge >= 0.3 is 0 Å². The summed E-state index contributed by atoms with van der Waals surface area (Å²) < 4.78 is 27.7. The first-order valence-electron chi connectivity index (χ1n) is 6.06. The standard InChI is InChI=1S/C13H18O4S/c1-18(15,16)8-4-6-11(14)13-9-10-5-2-3-7-12(10)17-13/h2-3,5,7,11,13-14H,4,6,8-9H2,1H3. The van der Waals surface area contributed by atoms with Gasteiger partial charge < -0.3 is 9.84 Å². The minimum absolute atomic E-state index is 0.115. The lowest BCUT2D eigenvalue weighted by Gasteiger charge is -2.17. The molecule has 0 spiro atoms. The number of aliphatic hydroxyl groups excluding tert-OH is 1. The van der Waals surface area contributed by atoms with Crippen molar-refractivity contribution in [3.63, 3.8) is 0 Å². The van der Waals surface area contributed by atoms with Crippen molar-refractivity contribution in [1.29, 1.82) is 0 Å². The van der Waals surface area contributed by atoms with Crippen molar-refractivity contribution in [2.45, 2.75) is 31.5 Å². The minimum Gasteiger partial charge on any atom is -0.487 e. The van der Waals surface area contributed by atoms with Crippen LogP contribution in [0, 0.1) is 0 Å². The Labute approximate surface area is 108 Å². The number of para-hydroxylation sites is 1. The van der Waals surface area contributed by atoms with Crippen LogP contribution in [0.5, 0.6) is 5.75 Å². The molecule has 1 heterocycles. The zero-order valence-electron chi connectivity index (χ0n) is 10.4. The van der Waals surface area contributed by atoms with Crippen LogP contribution in [-0.2, 0) is 16.3 Å². The highest BCUT2D eigenvalue weighted by atomic mass is 32.2. The number of benzene rings is 1. The monoisotopic (exact) mass is 270 g/mol. The molecule has 0 bridgehead atoms. The van der Waals surface area contributed by atoms with E-state index in [9.17, 15) is 13.5 Å². The highest BCUT2D eigenvalue weighted by molar-refractivity contribution is 7.90. The first kappa shape index (κ1) is 13.4. The summed E-state index contributed by atoms with van der Waals surface area (Å²) in [6.07, 6.45) is 1.96. The first-order chi connectivity index (χ1) is 8.46. The maximum absolute atomic E-state index is 11.0. The molecule has 0 saturated carbocycles. The summed E-state index contributed by atoms with van der Waals surface area (Å²) in [7, 11) is -2.95. The van der Waals surface area contributed by atoms with Crippen LogP contribution in [0.4, 0.5) is 0 Å². The van der Waals surface area contributed by atoms with Crippen LogP contribution in [0.25, 0.3) is 0 Å². The van der Waals surface area contributed by atoms with Crippen LogP contribution < -0.4 is 4.74 Å². The van der Waals surface area contributed by atoms with Crippen LogP contribution in [0.2, 0.25) is 0 Å². The fraction of sp³-hybridized carbons (Fsp3) is 0.538. The van der Waals surface area contributed by atoms with Crippen molar-refractivity contribution in [3.05, 3.63) is 29.8 Å². The van der Waals surface area contributed by atoms with Crippen molar-refractivity contribution in [2.75, 3.05) is 12.0 Å². The summed E-state index contributed by atoms with van der Waals surface area (Å²) in [4.78, 5) is 0. The molecular formula is C13H18O4S. The number of hydrogen-bond donors (Lipinski definition) is 1. The van der Waals surface area contributed by atoms with Gasteiger partial charge in [0.25, 0.3) is 0 Å². The highest BCUT2D eigenvalue weighted by Gasteiger charge is 2.28. The molecule has 1 aliphatic heterocycles. The normalized spacial score (nSPS) is 20.2. The van der Waals surface area contributed by atoms with Gasteiger partial charge in [-0.25, -0.2) is 8.42 Å². The molecule has 1 aliphatic rings. The Bertz CT molecular complexity index is 484. The number of hydrogen-bond acceptors (Lipinski definition) is 4. The lowest BCUT2D eigenvalue weighted by atomic mass is 10.0. The molecule has 0 saturated heterocycles. The molecule has 0 aliphatic carbocycles. The molecule has 0 aromatic heterocycles. The van der Waals surface area contributed by atoms with Crippen LogP contribution >= 0.6 is 0 Å². The molecule has 0 amide bonds. The molecule has 0 radical (unpaired) electrons. The third-order valence-corrected chi connectivity index (χ3v) is 4.15. The van der Waals surface area contributed by atoms with Gasteiger partial charge in [-0.2, -0.15) is 0 Å². The number of ether oxygens (including phenoxy) is 1. The van der Waals surface area contributed by atoms with Crippen molar-refractivity contribution >= 4 is 9.84 Å². The Hall–Kier alpha value is -1.07. The molecule has 2 atom stereocenters. The maximum atomic E-state index is 11.0. The van der Waals surface area contributed by atoms with Gasteiger partial charge in [0.15, 0.2) is 0 Å². The van der Waals surface area contributed by atoms with Crippen molar-refractivity contribution < 1.29 is 18.3 Å². The smallest absolute Gasteiger partial charge is 0.147 e. The Balaban J connectivity index is 1.84. The molecule has 100 valence electrons. The Kier molecular flexibility index (Phi) is 3.92. The highest BCUT2D eigenvalue weighted by Crippen LogP contribution is 2.30. The Morgan fingerprint density at radius 3 is 2.83 bits per heavy atom. The topological polar surface area (TPSA) is 63.6 Å². The summed E-state index contributed by atoms with van der Waals surface area (Å²) in [5, 5.41) is 10.00. The van der Waals surface area contributed by atoms with E-state index in [-0.39, 0.29) is 11.9 Å². The lowest BCUT2D eigenvalue weighted by molar-refractivity contribution is 0.0437. The third-order valence-electron chi connectivity index (χ3n) is 3.12. The average molecular weight is 270 g/mol. The van der Waals surface area contributed by atoms with E-state index in [1.165, 1.54) is 6.26 Å². The molecule has 2 unspecified atom stereocenters. The minimum atomic E-state index is -2.95. The number of sulfone groups is 1. The fourth-order valence-electron chi connectivity index (χ4n) is 2.16. The van der Waals surface area contributed by atoms with Gasteiger partial charge in [0.05, 0.1) is 6.10 Å². The Morgan fingerprint density at radius 1 is 1.44 bits per heavy atom. The van der Waals surface area contributed by atoms with Gasteiger partial charge in [0, 0.05) is 18.4 Å². The molecule has 2 rings (SSSR count).